The molecule has 94 valence electrons. The summed E-state index contributed by atoms with van der Waals surface area (Å²) in [6, 6.07) is 3.84. The molecular formula is C11H16N2O3S. The summed E-state index contributed by atoms with van der Waals surface area (Å²) in [7, 11) is -2.97. The highest BCUT2D eigenvalue weighted by Crippen LogP contribution is 2.18. The molecule has 1 unspecified atom stereocenters. The van der Waals surface area contributed by atoms with E-state index >= 15 is 0 Å². The van der Waals surface area contributed by atoms with Crippen LogP contribution in [0.1, 0.15) is 6.42 Å². The van der Waals surface area contributed by atoms with Gasteiger partial charge in [0.05, 0.1) is 17.4 Å². The van der Waals surface area contributed by atoms with Crippen LogP contribution in [0.15, 0.2) is 24.5 Å². The molecule has 1 fully saturated rings. The summed E-state index contributed by atoms with van der Waals surface area (Å²) in [6.45, 7) is 1.24. The fourth-order valence-corrected chi connectivity index (χ4v) is 3.71. The lowest BCUT2D eigenvalue weighted by Gasteiger charge is -2.09. The van der Waals surface area contributed by atoms with Crippen LogP contribution in [0, 0.1) is 5.92 Å². The second kappa shape index (κ2) is 4.91. The average molecular weight is 256 g/mol. The first-order chi connectivity index (χ1) is 8.07. The van der Waals surface area contributed by atoms with Gasteiger partial charge in [0.2, 0.25) is 5.91 Å². The van der Waals surface area contributed by atoms with Gasteiger partial charge in [0.15, 0.2) is 9.84 Å². The summed E-state index contributed by atoms with van der Waals surface area (Å²) >= 11 is 0. The summed E-state index contributed by atoms with van der Waals surface area (Å²) in [5, 5.41) is 2.78. The van der Waals surface area contributed by atoms with Gasteiger partial charge >= 0.3 is 0 Å². The minimum atomic E-state index is -2.97. The molecule has 0 aliphatic carbocycles. The van der Waals surface area contributed by atoms with E-state index in [-0.39, 0.29) is 23.3 Å². The van der Waals surface area contributed by atoms with E-state index in [2.05, 4.69) is 5.32 Å². The Morgan fingerprint density at radius 3 is 2.65 bits per heavy atom. The molecule has 1 aromatic heterocycles. The Hall–Kier alpha value is -1.30. The van der Waals surface area contributed by atoms with E-state index in [1.165, 1.54) is 0 Å². The molecule has 17 heavy (non-hydrogen) atoms. The van der Waals surface area contributed by atoms with Crippen molar-refractivity contribution in [3.05, 3.63) is 24.5 Å². The highest BCUT2D eigenvalue weighted by Gasteiger charge is 2.32. The Kier molecular flexibility index (Phi) is 3.51. The zero-order valence-corrected chi connectivity index (χ0v) is 10.3. The van der Waals surface area contributed by atoms with Crippen LogP contribution >= 0.6 is 0 Å². The number of rotatable bonds is 4. The Morgan fingerprint density at radius 2 is 2.06 bits per heavy atom. The minimum absolute atomic E-state index is 0.00233. The number of aromatic nitrogens is 1. The molecule has 0 radical (unpaired) electrons. The van der Waals surface area contributed by atoms with E-state index in [0.29, 0.717) is 19.5 Å². The molecule has 2 heterocycles. The van der Waals surface area contributed by atoms with Crippen molar-refractivity contribution in [2.45, 2.75) is 13.0 Å². The number of carbonyl (C=O) groups excluding carboxylic acids is 1. The van der Waals surface area contributed by atoms with Crippen molar-refractivity contribution in [1.82, 2.24) is 9.88 Å². The highest BCUT2D eigenvalue weighted by molar-refractivity contribution is 7.91. The van der Waals surface area contributed by atoms with Crippen LogP contribution in [-0.4, -0.2) is 36.9 Å². The standard InChI is InChI=1S/C11H16N2O3S/c14-11(10-3-8-17(15,16)9-10)12-4-7-13-5-1-2-6-13/h1-2,5-6,10H,3-4,7-9H2,(H,12,14). The van der Waals surface area contributed by atoms with Crippen molar-refractivity contribution in [3.8, 4) is 0 Å². The SMILES string of the molecule is O=C(NCCn1cccc1)C1CCS(=O)(=O)C1. The number of carbonyl (C=O) groups is 1. The Morgan fingerprint density at radius 1 is 1.35 bits per heavy atom. The lowest BCUT2D eigenvalue weighted by atomic mass is 10.1. The van der Waals surface area contributed by atoms with E-state index in [4.69, 9.17) is 0 Å². The summed E-state index contributed by atoms with van der Waals surface area (Å²) in [5.41, 5.74) is 0. The average Bonchev–Trinajstić information content (AvgIpc) is 2.87. The number of sulfone groups is 1. The van der Waals surface area contributed by atoms with Crippen LogP contribution in [0.2, 0.25) is 0 Å². The number of nitrogens with one attached hydrogen (secondary N) is 1. The van der Waals surface area contributed by atoms with Crippen LogP contribution in [-0.2, 0) is 21.2 Å². The lowest BCUT2D eigenvalue weighted by molar-refractivity contribution is -0.124. The van der Waals surface area contributed by atoms with Gasteiger partial charge in [-0.3, -0.25) is 4.79 Å². The van der Waals surface area contributed by atoms with E-state index in [1.807, 2.05) is 29.1 Å². The van der Waals surface area contributed by atoms with Gasteiger partial charge in [-0.1, -0.05) is 0 Å². The van der Waals surface area contributed by atoms with E-state index in [9.17, 15) is 13.2 Å². The van der Waals surface area contributed by atoms with Crippen LogP contribution in [0.5, 0.6) is 0 Å². The summed E-state index contributed by atoms with van der Waals surface area (Å²) in [4.78, 5) is 11.7. The van der Waals surface area contributed by atoms with E-state index in [1.54, 1.807) is 0 Å². The van der Waals surface area contributed by atoms with Gasteiger partial charge < -0.3 is 9.88 Å². The van der Waals surface area contributed by atoms with E-state index < -0.39 is 9.84 Å². The molecule has 1 aliphatic heterocycles. The van der Waals surface area contributed by atoms with E-state index in [0.717, 1.165) is 0 Å². The van der Waals surface area contributed by atoms with Crippen LogP contribution in [0.4, 0.5) is 0 Å². The summed E-state index contributed by atoms with van der Waals surface area (Å²) < 4.78 is 24.4. The zero-order valence-electron chi connectivity index (χ0n) is 9.50. The molecule has 5 nitrogen and oxygen atoms in total. The van der Waals surface area contributed by atoms with Gasteiger partial charge in [0.25, 0.3) is 0 Å². The second-order valence-electron chi connectivity index (χ2n) is 4.31. The predicted molar refractivity (Wildman–Crippen MR) is 64.2 cm³/mol. The molecule has 0 bridgehead atoms. The van der Waals surface area contributed by atoms with Crippen molar-refractivity contribution in [1.29, 1.82) is 0 Å². The Labute approximate surface area is 101 Å². The molecule has 1 amide bonds. The highest BCUT2D eigenvalue weighted by atomic mass is 32.2. The van der Waals surface area contributed by atoms with Crippen LogP contribution in [0.3, 0.4) is 0 Å². The molecule has 1 aromatic rings. The van der Waals surface area contributed by atoms with Crippen LogP contribution < -0.4 is 5.32 Å². The largest absolute Gasteiger partial charge is 0.354 e. The monoisotopic (exact) mass is 256 g/mol. The fourth-order valence-electron chi connectivity index (χ4n) is 1.97. The third-order valence-corrected chi connectivity index (χ3v) is 4.71. The molecule has 6 heteroatoms. The number of amides is 1. The van der Waals surface area contributed by atoms with Crippen molar-refractivity contribution in [2.24, 2.45) is 5.92 Å². The maximum absolute atomic E-state index is 11.7. The third-order valence-electron chi connectivity index (χ3n) is 2.94. The molecule has 1 aliphatic rings. The third kappa shape index (κ3) is 3.33. The molecule has 1 saturated heterocycles. The molecule has 0 aromatic carbocycles. The topological polar surface area (TPSA) is 68.2 Å². The number of hydrogen-bond acceptors (Lipinski definition) is 3. The fraction of sp³-hybridized carbons (Fsp3) is 0.545. The molecule has 2 rings (SSSR count). The first-order valence-electron chi connectivity index (χ1n) is 5.66. The maximum Gasteiger partial charge on any atom is 0.224 e. The smallest absolute Gasteiger partial charge is 0.224 e. The van der Waals surface area contributed by atoms with Crippen molar-refractivity contribution in [2.75, 3.05) is 18.1 Å². The number of hydrogen-bond donors (Lipinski definition) is 1. The van der Waals surface area contributed by atoms with Crippen molar-refractivity contribution in [3.63, 3.8) is 0 Å². The predicted octanol–water partition coefficient (Wildman–Crippen LogP) is 0.0390. The van der Waals surface area contributed by atoms with Gasteiger partial charge in [0.1, 0.15) is 0 Å². The molecular weight excluding hydrogens is 240 g/mol. The zero-order chi connectivity index (χ0) is 12.3. The summed E-state index contributed by atoms with van der Waals surface area (Å²) in [6.07, 6.45) is 4.30. The quantitative estimate of drug-likeness (QED) is 0.827. The van der Waals surface area contributed by atoms with Gasteiger partial charge in [-0.25, -0.2) is 8.42 Å². The minimum Gasteiger partial charge on any atom is -0.354 e. The van der Waals surface area contributed by atoms with Crippen molar-refractivity contribution < 1.29 is 13.2 Å². The normalized spacial score (nSPS) is 22.5. The molecule has 0 spiro atoms. The molecule has 1 atom stereocenters. The number of nitrogens with zero attached hydrogens (tertiary/aromatic N) is 1. The van der Waals surface area contributed by atoms with Gasteiger partial charge in [0, 0.05) is 25.5 Å². The lowest BCUT2D eigenvalue weighted by Crippen LogP contribution is -2.33. The van der Waals surface area contributed by atoms with Gasteiger partial charge in [-0.05, 0) is 18.6 Å². The van der Waals surface area contributed by atoms with Gasteiger partial charge in [-0.2, -0.15) is 0 Å². The Bertz CT molecular complexity index is 479. The Balaban J connectivity index is 1.75. The molecule has 0 saturated carbocycles. The van der Waals surface area contributed by atoms with Crippen molar-refractivity contribution >= 4 is 15.7 Å². The second-order valence-corrected chi connectivity index (χ2v) is 6.54. The first-order valence-corrected chi connectivity index (χ1v) is 7.48. The maximum atomic E-state index is 11.7. The first kappa shape index (κ1) is 12.2. The van der Waals surface area contributed by atoms with Gasteiger partial charge in [-0.15, -0.1) is 0 Å². The molecule has 1 N–H and O–H groups in total. The van der Waals surface area contributed by atoms with Crippen LogP contribution in [0.25, 0.3) is 0 Å². The summed E-state index contributed by atoms with van der Waals surface area (Å²) in [5.74, 6) is -0.353.